The Hall–Kier alpha value is -2.38. The van der Waals surface area contributed by atoms with Crippen molar-refractivity contribution in [2.45, 2.75) is 37.5 Å². The highest BCUT2D eigenvalue weighted by molar-refractivity contribution is 7.89. The topological polar surface area (TPSA) is 69.7 Å². The van der Waals surface area contributed by atoms with Crippen molar-refractivity contribution in [3.63, 3.8) is 0 Å². The lowest BCUT2D eigenvalue weighted by molar-refractivity contribution is -0.117. The molecule has 0 radical (unpaired) electrons. The maximum Gasteiger partial charge on any atom is 0.240 e. The molecule has 7 heteroatoms. The molecule has 2 heterocycles. The Labute approximate surface area is 172 Å². The van der Waals surface area contributed by atoms with Crippen molar-refractivity contribution in [2.75, 3.05) is 36.0 Å². The Morgan fingerprint density at radius 3 is 2.62 bits per heavy atom. The smallest absolute Gasteiger partial charge is 0.240 e. The van der Waals surface area contributed by atoms with Crippen LogP contribution in [-0.2, 0) is 21.2 Å². The highest BCUT2D eigenvalue weighted by Gasteiger charge is 2.24. The number of para-hydroxylation sites is 1. The number of carbonyl (C=O) groups is 1. The summed E-state index contributed by atoms with van der Waals surface area (Å²) in [5, 5.41) is 0. The van der Waals surface area contributed by atoms with Gasteiger partial charge in [-0.25, -0.2) is 13.1 Å². The number of amides is 1. The van der Waals surface area contributed by atoms with E-state index in [4.69, 9.17) is 0 Å². The van der Waals surface area contributed by atoms with E-state index in [0.717, 1.165) is 43.6 Å². The molecule has 0 spiro atoms. The number of nitrogens with one attached hydrogen (secondary N) is 1. The first-order valence-electron chi connectivity index (χ1n) is 10.2. The van der Waals surface area contributed by atoms with E-state index in [9.17, 15) is 13.2 Å². The molecule has 0 bridgehead atoms. The molecule has 29 heavy (non-hydrogen) atoms. The fourth-order valence-corrected chi connectivity index (χ4v) is 5.36. The minimum atomic E-state index is -3.56. The van der Waals surface area contributed by atoms with Crippen LogP contribution in [-0.4, -0.2) is 40.5 Å². The first-order valence-corrected chi connectivity index (χ1v) is 11.7. The molecule has 0 atom stereocenters. The van der Waals surface area contributed by atoms with Crippen LogP contribution >= 0.6 is 0 Å². The quantitative estimate of drug-likeness (QED) is 0.709. The molecule has 6 nitrogen and oxygen atoms in total. The summed E-state index contributed by atoms with van der Waals surface area (Å²) in [4.78, 5) is 16.3. The maximum atomic E-state index is 12.7. The molecule has 4 rings (SSSR count). The molecule has 1 saturated heterocycles. The predicted octanol–water partition coefficient (Wildman–Crippen LogP) is 2.85. The van der Waals surface area contributed by atoms with Gasteiger partial charge >= 0.3 is 0 Å². The first-order chi connectivity index (χ1) is 14.0. The zero-order chi connectivity index (χ0) is 20.4. The Morgan fingerprint density at radius 1 is 1.03 bits per heavy atom. The van der Waals surface area contributed by atoms with Crippen molar-refractivity contribution in [3.8, 4) is 0 Å². The zero-order valence-electron chi connectivity index (χ0n) is 16.7. The summed E-state index contributed by atoms with van der Waals surface area (Å²) < 4.78 is 28.1. The lowest BCUT2D eigenvalue weighted by Gasteiger charge is -2.20. The largest absolute Gasteiger partial charge is 0.371 e. The summed E-state index contributed by atoms with van der Waals surface area (Å²) in [6.07, 6.45) is 3.20. The molecular formula is C22H27N3O3S. The van der Waals surface area contributed by atoms with Gasteiger partial charge in [0.2, 0.25) is 15.9 Å². The maximum absolute atomic E-state index is 12.7. The lowest BCUT2D eigenvalue weighted by atomic mass is 10.2. The van der Waals surface area contributed by atoms with E-state index in [-0.39, 0.29) is 10.8 Å². The third-order valence-electron chi connectivity index (χ3n) is 5.72. The summed E-state index contributed by atoms with van der Waals surface area (Å²) in [7, 11) is -3.56. The molecule has 0 saturated carbocycles. The Kier molecular flexibility index (Phi) is 5.61. The molecule has 1 amide bonds. The third kappa shape index (κ3) is 4.16. The predicted molar refractivity (Wildman–Crippen MR) is 115 cm³/mol. The standard InChI is InChI=1S/C22H27N3O3S/c1-17-16-19(9-10-20(17)25-14-4-8-22(25)26)29(27,28)23-12-5-13-24-15-11-18-6-2-3-7-21(18)24/h2-3,6-7,9-10,16,23H,4-5,8,11-15H2,1H3. The van der Waals surface area contributed by atoms with E-state index in [1.165, 1.54) is 11.3 Å². The number of benzene rings is 2. The number of hydrogen-bond acceptors (Lipinski definition) is 4. The Bertz CT molecular complexity index is 1020. The highest BCUT2D eigenvalue weighted by atomic mass is 32.2. The van der Waals surface area contributed by atoms with Crippen LogP contribution < -0.4 is 14.5 Å². The first kappa shape index (κ1) is 19.9. The van der Waals surface area contributed by atoms with Crippen molar-refractivity contribution in [2.24, 2.45) is 0 Å². The number of sulfonamides is 1. The number of aryl methyl sites for hydroxylation is 1. The van der Waals surface area contributed by atoms with Gasteiger partial charge in [0.25, 0.3) is 0 Å². The minimum absolute atomic E-state index is 0.102. The average Bonchev–Trinajstić information content (AvgIpc) is 3.31. The molecule has 0 aromatic heterocycles. The fraction of sp³-hybridized carbons (Fsp3) is 0.409. The second-order valence-electron chi connectivity index (χ2n) is 7.71. The zero-order valence-corrected chi connectivity index (χ0v) is 17.5. The number of hydrogen-bond donors (Lipinski definition) is 1. The Balaban J connectivity index is 1.34. The van der Waals surface area contributed by atoms with Gasteiger partial charge in [-0.1, -0.05) is 18.2 Å². The van der Waals surface area contributed by atoms with Crippen molar-refractivity contribution in [1.29, 1.82) is 0 Å². The molecule has 0 aliphatic carbocycles. The SMILES string of the molecule is Cc1cc(S(=O)(=O)NCCCN2CCc3ccccc32)ccc1N1CCCC1=O. The van der Waals surface area contributed by atoms with E-state index < -0.39 is 10.0 Å². The summed E-state index contributed by atoms with van der Waals surface area (Å²) in [5.74, 6) is 0.102. The molecule has 2 aromatic rings. The average molecular weight is 414 g/mol. The van der Waals surface area contributed by atoms with Crippen molar-refractivity contribution >= 4 is 27.3 Å². The highest BCUT2D eigenvalue weighted by Crippen LogP contribution is 2.28. The van der Waals surface area contributed by atoms with Gasteiger partial charge in [-0.2, -0.15) is 0 Å². The van der Waals surface area contributed by atoms with Crippen LogP contribution in [0.15, 0.2) is 47.4 Å². The molecule has 1 N–H and O–H groups in total. The number of nitrogens with zero attached hydrogens (tertiary/aromatic N) is 2. The second kappa shape index (κ2) is 8.16. The van der Waals surface area contributed by atoms with E-state index in [1.54, 1.807) is 23.1 Å². The molecule has 2 aliphatic heterocycles. The third-order valence-corrected chi connectivity index (χ3v) is 7.18. The van der Waals surface area contributed by atoms with Gasteiger partial charge in [0.05, 0.1) is 4.90 Å². The molecule has 154 valence electrons. The summed E-state index contributed by atoms with van der Waals surface area (Å²) in [6, 6.07) is 13.4. The van der Waals surface area contributed by atoms with Gasteiger partial charge in [0.1, 0.15) is 0 Å². The van der Waals surface area contributed by atoms with Gasteiger partial charge < -0.3 is 9.80 Å². The van der Waals surface area contributed by atoms with Crippen molar-refractivity contribution in [1.82, 2.24) is 4.72 Å². The number of fused-ring (bicyclic) bond motifs is 1. The van der Waals surface area contributed by atoms with Crippen LogP contribution in [0.1, 0.15) is 30.4 Å². The summed E-state index contributed by atoms with van der Waals surface area (Å²) in [5.41, 5.74) is 4.23. The lowest BCUT2D eigenvalue weighted by Crippen LogP contribution is -2.29. The van der Waals surface area contributed by atoms with E-state index in [2.05, 4.69) is 27.8 Å². The van der Waals surface area contributed by atoms with Gasteiger partial charge in [-0.3, -0.25) is 4.79 Å². The van der Waals surface area contributed by atoms with E-state index in [1.807, 2.05) is 13.0 Å². The molecule has 0 unspecified atom stereocenters. The number of rotatable bonds is 7. The van der Waals surface area contributed by atoms with E-state index >= 15 is 0 Å². The van der Waals surface area contributed by atoms with Crippen LogP contribution in [0.25, 0.3) is 0 Å². The second-order valence-corrected chi connectivity index (χ2v) is 9.48. The van der Waals surface area contributed by atoms with Crippen LogP contribution in [0.5, 0.6) is 0 Å². The summed E-state index contributed by atoms with van der Waals surface area (Å²) in [6.45, 7) is 4.76. The van der Waals surface area contributed by atoms with Crippen LogP contribution in [0, 0.1) is 6.92 Å². The minimum Gasteiger partial charge on any atom is -0.371 e. The van der Waals surface area contributed by atoms with Gasteiger partial charge in [0.15, 0.2) is 0 Å². The molecule has 1 fully saturated rings. The fourth-order valence-electron chi connectivity index (χ4n) is 4.20. The van der Waals surface area contributed by atoms with E-state index in [0.29, 0.717) is 19.5 Å². The normalized spacial score (nSPS) is 16.5. The molecule has 2 aromatic carbocycles. The van der Waals surface area contributed by atoms with Crippen LogP contribution in [0.2, 0.25) is 0 Å². The van der Waals surface area contributed by atoms with Crippen LogP contribution in [0.3, 0.4) is 0 Å². The monoisotopic (exact) mass is 413 g/mol. The Morgan fingerprint density at radius 2 is 1.86 bits per heavy atom. The van der Waals surface area contributed by atoms with Gasteiger partial charge in [-0.15, -0.1) is 0 Å². The molecular weight excluding hydrogens is 386 g/mol. The van der Waals surface area contributed by atoms with Crippen molar-refractivity contribution < 1.29 is 13.2 Å². The number of carbonyl (C=O) groups excluding carboxylic acids is 1. The number of anilines is 2. The molecule has 2 aliphatic rings. The summed E-state index contributed by atoms with van der Waals surface area (Å²) >= 11 is 0. The van der Waals surface area contributed by atoms with Gasteiger partial charge in [0, 0.05) is 44.0 Å². The van der Waals surface area contributed by atoms with Gasteiger partial charge in [-0.05, 0) is 61.6 Å². The van der Waals surface area contributed by atoms with Crippen molar-refractivity contribution in [3.05, 3.63) is 53.6 Å². The van der Waals surface area contributed by atoms with Crippen LogP contribution in [0.4, 0.5) is 11.4 Å².